The Hall–Kier alpha value is -0.850. The third kappa shape index (κ3) is 5.61. The number of benzene rings is 1. The lowest BCUT2D eigenvalue weighted by Crippen LogP contribution is -2.40. The van der Waals surface area contributed by atoms with Crippen molar-refractivity contribution in [3.63, 3.8) is 0 Å². The lowest BCUT2D eigenvalue weighted by atomic mass is 9.92. The van der Waals surface area contributed by atoms with E-state index >= 15 is 0 Å². The minimum atomic E-state index is 0. The number of amides is 1. The summed E-state index contributed by atoms with van der Waals surface area (Å²) in [5.41, 5.74) is 2.81. The van der Waals surface area contributed by atoms with Crippen LogP contribution in [0.1, 0.15) is 37.3 Å². The molecule has 2 atom stereocenters. The van der Waals surface area contributed by atoms with Crippen molar-refractivity contribution in [3.8, 4) is 0 Å². The number of carbonyl (C=O) groups is 1. The second-order valence-electron chi connectivity index (χ2n) is 8.32. The molecular formula is C21H33Cl2N3O2. The van der Waals surface area contributed by atoms with Gasteiger partial charge < -0.3 is 15.4 Å². The van der Waals surface area contributed by atoms with Crippen LogP contribution in [0, 0.1) is 11.3 Å². The summed E-state index contributed by atoms with van der Waals surface area (Å²) >= 11 is 0. The second-order valence-corrected chi connectivity index (χ2v) is 8.32. The SMILES string of the molecule is CC1CN(Cc2cccc(CNC(=O)C3CC34CCNCC4)c2)CCO1.Cl.Cl. The molecule has 7 heteroatoms. The van der Waals surface area contributed by atoms with Crippen LogP contribution < -0.4 is 10.6 Å². The highest BCUT2D eigenvalue weighted by Crippen LogP contribution is 2.58. The van der Waals surface area contributed by atoms with Gasteiger partial charge in [0.2, 0.25) is 5.91 Å². The summed E-state index contributed by atoms with van der Waals surface area (Å²) in [4.78, 5) is 15.0. The minimum Gasteiger partial charge on any atom is -0.376 e. The maximum atomic E-state index is 12.5. The summed E-state index contributed by atoms with van der Waals surface area (Å²) in [7, 11) is 0. The van der Waals surface area contributed by atoms with Gasteiger partial charge in [-0.1, -0.05) is 24.3 Å². The second kappa shape index (κ2) is 10.3. The molecule has 2 unspecified atom stereocenters. The van der Waals surface area contributed by atoms with Gasteiger partial charge in [0, 0.05) is 32.1 Å². The van der Waals surface area contributed by atoms with Crippen LogP contribution in [-0.2, 0) is 22.6 Å². The number of ether oxygens (including phenoxy) is 1. The lowest BCUT2D eigenvalue weighted by molar-refractivity contribution is -0.123. The van der Waals surface area contributed by atoms with E-state index in [1.807, 2.05) is 0 Å². The van der Waals surface area contributed by atoms with Crippen molar-refractivity contribution in [2.75, 3.05) is 32.8 Å². The number of nitrogens with zero attached hydrogens (tertiary/aromatic N) is 1. The Labute approximate surface area is 180 Å². The largest absolute Gasteiger partial charge is 0.376 e. The van der Waals surface area contributed by atoms with Gasteiger partial charge in [0.15, 0.2) is 0 Å². The zero-order valence-corrected chi connectivity index (χ0v) is 18.2. The molecule has 158 valence electrons. The van der Waals surface area contributed by atoms with Gasteiger partial charge in [-0.15, -0.1) is 24.8 Å². The van der Waals surface area contributed by atoms with Gasteiger partial charge in [0.1, 0.15) is 0 Å². The van der Waals surface area contributed by atoms with E-state index in [1.54, 1.807) is 0 Å². The fourth-order valence-electron chi connectivity index (χ4n) is 4.64. The van der Waals surface area contributed by atoms with Gasteiger partial charge in [-0.25, -0.2) is 0 Å². The van der Waals surface area contributed by atoms with Crippen molar-refractivity contribution >= 4 is 30.7 Å². The van der Waals surface area contributed by atoms with Crippen molar-refractivity contribution in [2.45, 2.75) is 45.4 Å². The molecule has 0 bridgehead atoms. The Morgan fingerprint density at radius 1 is 1.29 bits per heavy atom. The predicted molar refractivity (Wildman–Crippen MR) is 116 cm³/mol. The monoisotopic (exact) mass is 429 g/mol. The normalized spacial score (nSPS) is 26.0. The predicted octanol–water partition coefficient (Wildman–Crippen LogP) is 2.76. The van der Waals surface area contributed by atoms with Crippen LogP contribution in [0.3, 0.4) is 0 Å². The molecule has 1 amide bonds. The highest BCUT2D eigenvalue weighted by molar-refractivity contribution is 5.85. The van der Waals surface area contributed by atoms with Crippen LogP contribution >= 0.6 is 24.8 Å². The van der Waals surface area contributed by atoms with Gasteiger partial charge in [0.05, 0.1) is 12.7 Å². The molecule has 2 heterocycles. The standard InChI is InChI=1S/C21H31N3O2.2ClH/c1-16-14-24(9-10-26-16)15-18-4-2-3-17(11-18)13-23-20(25)19-12-21(19)5-7-22-8-6-21;;/h2-4,11,16,19,22H,5-10,12-15H2,1H3,(H,23,25);2*1H. The number of piperidine rings is 1. The van der Waals surface area contributed by atoms with Crippen LogP contribution in [0.5, 0.6) is 0 Å². The zero-order valence-electron chi connectivity index (χ0n) is 16.6. The fourth-order valence-corrected chi connectivity index (χ4v) is 4.64. The Bertz CT molecular complexity index is 652. The smallest absolute Gasteiger partial charge is 0.223 e. The van der Waals surface area contributed by atoms with E-state index in [0.29, 0.717) is 18.1 Å². The molecule has 28 heavy (non-hydrogen) atoms. The number of nitrogens with one attached hydrogen (secondary N) is 2. The van der Waals surface area contributed by atoms with Crippen molar-refractivity contribution in [1.82, 2.24) is 15.5 Å². The van der Waals surface area contributed by atoms with E-state index in [9.17, 15) is 4.79 Å². The molecule has 2 N–H and O–H groups in total. The molecule has 4 rings (SSSR count). The summed E-state index contributed by atoms with van der Waals surface area (Å²) in [6, 6.07) is 8.62. The van der Waals surface area contributed by atoms with Gasteiger partial charge >= 0.3 is 0 Å². The third-order valence-corrected chi connectivity index (χ3v) is 6.30. The molecule has 0 radical (unpaired) electrons. The molecule has 2 saturated heterocycles. The maximum absolute atomic E-state index is 12.5. The quantitative estimate of drug-likeness (QED) is 0.755. The molecule has 1 spiro atoms. The molecule has 1 aliphatic carbocycles. The Morgan fingerprint density at radius 2 is 2.04 bits per heavy atom. The number of hydrogen-bond donors (Lipinski definition) is 2. The minimum absolute atomic E-state index is 0. The number of rotatable bonds is 5. The first-order valence-electron chi connectivity index (χ1n) is 10.0. The number of morpholine rings is 1. The first kappa shape index (κ1) is 23.4. The van der Waals surface area contributed by atoms with E-state index in [4.69, 9.17) is 4.74 Å². The Balaban J connectivity index is 0.00000140. The number of carbonyl (C=O) groups excluding carboxylic acids is 1. The summed E-state index contributed by atoms with van der Waals surface area (Å²) in [6.07, 6.45) is 3.69. The summed E-state index contributed by atoms with van der Waals surface area (Å²) in [5, 5.41) is 6.57. The van der Waals surface area contributed by atoms with E-state index < -0.39 is 0 Å². The van der Waals surface area contributed by atoms with Gasteiger partial charge in [0.25, 0.3) is 0 Å². The summed E-state index contributed by atoms with van der Waals surface area (Å²) in [6.45, 7) is 8.63. The highest BCUT2D eigenvalue weighted by Gasteiger charge is 2.57. The first-order valence-corrected chi connectivity index (χ1v) is 10.0. The molecular weight excluding hydrogens is 397 g/mol. The molecule has 1 aromatic carbocycles. The van der Waals surface area contributed by atoms with Crippen LogP contribution in [0.2, 0.25) is 0 Å². The highest BCUT2D eigenvalue weighted by atomic mass is 35.5. The molecule has 3 aliphatic rings. The Morgan fingerprint density at radius 3 is 2.79 bits per heavy atom. The average molecular weight is 430 g/mol. The average Bonchev–Trinajstić information content (AvgIpc) is 3.33. The van der Waals surface area contributed by atoms with Crippen LogP contribution in [-0.4, -0.2) is 49.7 Å². The zero-order chi connectivity index (χ0) is 18.0. The summed E-state index contributed by atoms with van der Waals surface area (Å²) in [5.74, 6) is 0.488. The van der Waals surface area contributed by atoms with Crippen LogP contribution in [0.15, 0.2) is 24.3 Å². The number of halogens is 2. The van der Waals surface area contributed by atoms with Crippen LogP contribution in [0.25, 0.3) is 0 Å². The molecule has 5 nitrogen and oxygen atoms in total. The van der Waals surface area contributed by atoms with Crippen molar-refractivity contribution in [1.29, 1.82) is 0 Å². The number of hydrogen-bond acceptors (Lipinski definition) is 4. The molecule has 1 saturated carbocycles. The fraction of sp³-hybridized carbons (Fsp3) is 0.667. The van der Waals surface area contributed by atoms with E-state index in [-0.39, 0.29) is 36.6 Å². The molecule has 3 fully saturated rings. The molecule has 0 aromatic heterocycles. The maximum Gasteiger partial charge on any atom is 0.223 e. The first-order chi connectivity index (χ1) is 12.6. The van der Waals surface area contributed by atoms with Crippen LogP contribution in [0.4, 0.5) is 0 Å². The van der Waals surface area contributed by atoms with Gasteiger partial charge in [-0.3, -0.25) is 9.69 Å². The summed E-state index contributed by atoms with van der Waals surface area (Å²) < 4.78 is 5.62. The van der Waals surface area contributed by atoms with E-state index in [1.165, 1.54) is 11.1 Å². The third-order valence-electron chi connectivity index (χ3n) is 6.30. The lowest BCUT2D eigenvalue weighted by Gasteiger charge is -2.31. The Kier molecular flexibility index (Phi) is 8.59. The molecule has 1 aromatic rings. The van der Waals surface area contributed by atoms with Crippen molar-refractivity contribution in [2.24, 2.45) is 11.3 Å². The molecule has 2 aliphatic heterocycles. The van der Waals surface area contributed by atoms with Crippen molar-refractivity contribution in [3.05, 3.63) is 35.4 Å². The van der Waals surface area contributed by atoms with Gasteiger partial charge in [-0.2, -0.15) is 0 Å². The van der Waals surface area contributed by atoms with E-state index in [2.05, 4.69) is 46.7 Å². The van der Waals surface area contributed by atoms with Gasteiger partial charge in [-0.05, 0) is 55.8 Å². The van der Waals surface area contributed by atoms with E-state index in [0.717, 1.165) is 58.6 Å². The topological polar surface area (TPSA) is 53.6 Å². The van der Waals surface area contributed by atoms with Crippen molar-refractivity contribution < 1.29 is 9.53 Å².